The zero-order valence-corrected chi connectivity index (χ0v) is 9.67. The summed E-state index contributed by atoms with van der Waals surface area (Å²) < 4.78 is 5.62. The van der Waals surface area contributed by atoms with E-state index in [0.717, 1.165) is 30.8 Å². The van der Waals surface area contributed by atoms with Crippen LogP contribution in [0, 0.1) is 6.92 Å². The molecular formula is C13H18O2. The number of Topliss-reactive ketones (excluding diaryl/α,β-unsaturated/α-hetero) is 1. The Labute approximate surface area is 91.3 Å². The molecule has 2 heteroatoms. The van der Waals surface area contributed by atoms with Gasteiger partial charge in [0, 0.05) is 5.56 Å². The van der Waals surface area contributed by atoms with Crippen LogP contribution >= 0.6 is 0 Å². The first kappa shape index (κ1) is 11.8. The number of carbonyl (C=O) groups excluding carboxylic acids is 1. The summed E-state index contributed by atoms with van der Waals surface area (Å²) in [6.45, 7) is 6.41. The van der Waals surface area contributed by atoms with Gasteiger partial charge in [0.25, 0.3) is 0 Å². The molecular weight excluding hydrogens is 188 g/mol. The van der Waals surface area contributed by atoms with Gasteiger partial charge in [-0.2, -0.15) is 0 Å². The van der Waals surface area contributed by atoms with Crippen LogP contribution < -0.4 is 4.74 Å². The molecule has 0 aliphatic carbocycles. The summed E-state index contributed by atoms with van der Waals surface area (Å²) in [5, 5.41) is 0. The van der Waals surface area contributed by atoms with Crippen molar-refractivity contribution < 1.29 is 9.53 Å². The van der Waals surface area contributed by atoms with E-state index >= 15 is 0 Å². The van der Waals surface area contributed by atoms with E-state index in [2.05, 4.69) is 6.92 Å². The molecule has 0 aromatic heterocycles. The molecule has 0 N–H and O–H groups in total. The monoisotopic (exact) mass is 206 g/mol. The third-order valence-corrected chi connectivity index (χ3v) is 2.35. The predicted octanol–water partition coefficient (Wildman–Crippen LogP) is 3.38. The number of ether oxygens (including phenoxy) is 1. The Hall–Kier alpha value is -1.31. The van der Waals surface area contributed by atoms with Crippen molar-refractivity contribution in [2.45, 2.75) is 33.6 Å². The van der Waals surface area contributed by atoms with E-state index in [1.807, 2.05) is 25.1 Å². The van der Waals surface area contributed by atoms with E-state index in [9.17, 15) is 4.79 Å². The van der Waals surface area contributed by atoms with Crippen LogP contribution in [0.2, 0.25) is 0 Å². The van der Waals surface area contributed by atoms with E-state index in [4.69, 9.17) is 4.74 Å². The van der Waals surface area contributed by atoms with E-state index in [1.54, 1.807) is 6.92 Å². The molecule has 0 amide bonds. The third-order valence-electron chi connectivity index (χ3n) is 2.35. The Morgan fingerprint density at radius 2 is 2.13 bits per heavy atom. The molecule has 0 atom stereocenters. The highest BCUT2D eigenvalue weighted by Gasteiger charge is 2.04. The summed E-state index contributed by atoms with van der Waals surface area (Å²) in [7, 11) is 0. The van der Waals surface area contributed by atoms with Crippen LogP contribution in [-0.4, -0.2) is 12.4 Å². The van der Waals surface area contributed by atoms with E-state index in [0.29, 0.717) is 5.56 Å². The van der Waals surface area contributed by atoms with Gasteiger partial charge in [-0.05, 0) is 31.9 Å². The van der Waals surface area contributed by atoms with Crippen LogP contribution in [0.5, 0.6) is 5.75 Å². The van der Waals surface area contributed by atoms with Crippen molar-refractivity contribution in [2.24, 2.45) is 0 Å². The maximum atomic E-state index is 11.2. The molecule has 15 heavy (non-hydrogen) atoms. The fraction of sp³-hybridized carbons (Fsp3) is 0.462. The fourth-order valence-corrected chi connectivity index (χ4v) is 1.30. The lowest BCUT2D eigenvalue weighted by Crippen LogP contribution is -2.00. The summed E-state index contributed by atoms with van der Waals surface area (Å²) in [6.07, 6.45) is 2.16. The minimum atomic E-state index is 0.0790. The maximum Gasteiger partial charge on any atom is 0.159 e. The van der Waals surface area contributed by atoms with Crippen LogP contribution in [0.1, 0.15) is 42.6 Å². The minimum Gasteiger partial charge on any atom is -0.493 e. The second-order valence-corrected chi connectivity index (χ2v) is 3.74. The Balaban J connectivity index is 2.76. The Bertz CT molecular complexity index is 342. The number of hydrogen-bond donors (Lipinski definition) is 0. The predicted molar refractivity (Wildman–Crippen MR) is 61.6 cm³/mol. The van der Waals surface area contributed by atoms with Crippen LogP contribution in [0.4, 0.5) is 0 Å². The largest absolute Gasteiger partial charge is 0.493 e. The van der Waals surface area contributed by atoms with Gasteiger partial charge in [0.1, 0.15) is 5.75 Å². The van der Waals surface area contributed by atoms with Gasteiger partial charge in [0.15, 0.2) is 5.78 Å². The van der Waals surface area contributed by atoms with Crippen LogP contribution in [0.15, 0.2) is 18.2 Å². The van der Waals surface area contributed by atoms with E-state index in [1.165, 1.54) is 0 Å². The molecule has 0 saturated heterocycles. The molecule has 1 aromatic rings. The van der Waals surface area contributed by atoms with Gasteiger partial charge in [-0.15, -0.1) is 0 Å². The van der Waals surface area contributed by atoms with Crippen molar-refractivity contribution in [1.82, 2.24) is 0 Å². The molecule has 0 saturated carbocycles. The third kappa shape index (κ3) is 3.39. The zero-order valence-electron chi connectivity index (χ0n) is 9.67. The fourth-order valence-electron chi connectivity index (χ4n) is 1.30. The van der Waals surface area contributed by atoms with Crippen molar-refractivity contribution >= 4 is 5.78 Å². The first-order valence-electron chi connectivity index (χ1n) is 5.39. The molecule has 82 valence electrons. The van der Waals surface area contributed by atoms with E-state index in [-0.39, 0.29) is 5.78 Å². The van der Waals surface area contributed by atoms with Crippen molar-refractivity contribution in [1.29, 1.82) is 0 Å². The van der Waals surface area contributed by atoms with Gasteiger partial charge in [-0.1, -0.05) is 25.5 Å². The average Bonchev–Trinajstić information content (AvgIpc) is 2.20. The van der Waals surface area contributed by atoms with Crippen molar-refractivity contribution in [3.63, 3.8) is 0 Å². The lowest BCUT2D eigenvalue weighted by molar-refractivity contribution is 0.101. The molecule has 1 aromatic carbocycles. The summed E-state index contributed by atoms with van der Waals surface area (Å²) in [5.41, 5.74) is 1.79. The summed E-state index contributed by atoms with van der Waals surface area (Å²) in [6, 6.07) is 5.59. The number of aryl methyl sites for hydroxylation is 1. The molecule has 0 fully saturated rings. The van der Waals surface area contributed by atoms with Gasteiger partial charge in [-0.3, -0.25) is 4.79 Å². The second-order valence-electron chi connectivity index (χ2n) is 3.74. The Morgan fingerprint density at radius 1 is 1.40 bits per heavy atom. The molecule has 0 bridgehead atoms. The van der Waals surface area contributed by atoms with Crippen molar-refractivity contribution in [2.75, 3.05) is 6.61 Å². The highest BCUT2D eigenvalue weighted by atomic mass is 16.5. The highest BCUT2D eigenvalue weighted by molar-refractivity contribution is 5.94. The number of hydrogen-bond acceptors (Lipinski definition) is 2. The summed E-state index contributed by atoms with van der Waals surface area (Å²) >= 11 is 0. The number of unbranched alkanes of at least 4 members (excludes halogenated alkanes) is 1. The quantitative estimate of drug-likeness (QED) is 0.545. The van der Waals surface area contributed by atoms with Crippen molar-refractivity contribution in [3.8, 4) is 5.75 Å². The zero-order chi connectivity index (χ0) is 11.3. The van der Waals surface area contributed by atoms with Gasteiger partial charge in [0.2, 0.25) is 0 Å². The van der Waals surface area contributed by atoms with Crippen LogP contribution in [0.3, 0.4) is 0 Å². The number of benzene rings is 1. The lowest BCUT2D eigenvalue weighted by atomic mass is 10.1. The molecule has 0 spiro atoms. The van der Waals surface area contributed by atoms with Gasteiger partial charge in [0.05, 0.1) is 6.61 Å². The van der Waals surface area contributed by atoms with Gasteiger partial charge in [-0.25, -0.2) is 0 Å². The molecule has 0 unspecified atom stereocenters. The van der Waals surface area contributed by atoms with Crippen LogP contribution in [-0.2, 0) is 0 Å². The average molecular weight is 206 g/mol. The summed E-state index contributed by atoms with van der Waals surface area (Å²) in [5.74, 6) is 0.909. The number of rotatable bonds is 5. The minimum absolute atomic E-state index is 0.0790. The molecule has 0 aliphatic heterocycles. The second kappa shape index (κ2) is 5.54. The smallest absolute Gasteiger partial charge is 0.159 e. The topological polar surface area (TPSA) is 26.3 Å². The van der Waals surface area contributed by atoms with E-state index < -0.39 is 0 Å². The lowest BCUT2D eigenvalue weighted by Gasteiger charge is -2.09. The standard InChI is InChI=1S/C13H18O2/c1-4-5-8-15-13-9-12(11(3)14)7-6-10(13)2/h6-7,9H,4-5,8H2,1-3H3. The SMILES string of the molecule is CCCCOc1cc(C(C)=O)ccc1C. The molecule has 2 nitrogen and oxygen atoms in total. The first-order chi connectivity index (χ1) is 7.15. The molecule has 0 heterocycles. The summed E-state index contributed by atoms with van der Waals surface area (Å²) in [4.78, 5) is 11.2. The van der Waals surface area contributed by atoms with Crippen LogP contribution in [0.25, 0.3) is 0 Å². The van der Waals surface area contributed by atoms with Gasteiger partial charge < -0.3 is 4.74 Å². The maximum absolute atomic E-state index is 11.2. The molecule has 0 aliphatic rings. The van der Waals surface area contributed by atoms with Crippen molar-refractivity contribution in [3.05, 3.63) is 29.3 Å². The Morgan fingerprint density at radius 3 is 2.73 bits per heavy atom. The number of ketones is 1. The van der Waals surface area contributed by atoms with Gasteiger partial charge >= 0.3 is 0 Å². The highest BCUT2D eigenvalue weighted by Crippen LogP contribution is 2.20. The molecule has 0 radical (unpaired) electrons. The normalized spacial score (nSPS) is 10.1. The Kier molecular flexibility index (Phi) is 4.35. The number of carbonyl (C=O) groups is 1. The first-order valence-corrected chi connectivity index (χ1v) is 5.39. The molecule has 1 rings (SSSR count).